The molecule has 0 saturated carbocycles. The predicted octanol–water partition coefficient (Wildman–Crippen LogP) is 2.84. The third-order valence-corrected chi connectivity index (χ3v) is 2.33. The zero-order valence-electron chi connectivity index (χ0n) is 8.94. The molecule has 0 amide bonds. The van der Waals surface area contributed by atoms with Crippen LogP contribution in [0.1, 0.15) is 12.5 Å². The Morgan fingerprint density at radius 2 is 2.19 bits per heavy atom. The quantitative estimate of drug-likeness (QED) is 0.861. The maximum absolute atomic E-state index is 10.6. The van der Waals surface area contributed by atoms with Crippen LogP contribution < -0.4 is 4.74 Å². The number of benzene rings is 1. The molecule has 0 aliphatic heterocycles. The fraction of sp³-hybridized carbons (Fsp3) is 0.250. The first-order valence-electron chi connectivity index (χ1n) is 4.82. The Balaban J connectivity index is 2.74. The second-order valence-electron chi connectivity index (χ2n) is 3.42. The molecule has 1 N–H and O–H groups in total. The molecule has 0 atom stereocenters. The minimum Gasteiger partial charge on any atom is -0.489 e. The summed E-state index contributed by atoms with van der Waals surface area (Å²) in [5, 5.41) is 8.73. The molecule has 0 heterocycles. The molecule has 0 aliphatic carbocycles. The summed E-state index contributed by atoms with van der Waals surface area (Å²) in [5.41, 5.74) is 2.99. The number of halogens is 1. The summed E-state index contributed by atoms with van der Waals surface area (Å²) in [6, 6.07) is 7.08. The molecular weight excluding hydrogens is 228 g/mol. The van der Waals surface area contributed by atoms with Gasteiger partial charge in [-0.3, -0.25) is 4.79 Å². The van der Waals surface area contributed by atoms with Gasteiger partial charge in [0.05, 0.1) is 6.42 Å². The fourth-order valence-corrected chi connectivity index (χ4v) is 1.24. The number of ether oxygens (including phenoxy) is 1. The first-order chi connectivity index (χ1) is 7.63. The molecule has 0 radical (unpaired) electrons. The van der Waals surface area contributed by atoms with Crippen molar-refractivity contribution < 1.29 is 14.6 Å². The summed E-state index contributed by atoms with van der Waals surface area (Å²) >= 11 is 5.51. The third kappa shape index (κ3) is 3.95. The van der Waals surface area contributed by atoms with Crippen molar-refractivity contribution >= 4 is 17.6 Å². The van der Waals surface area contributed by atoms with Crippen molar-refractivity contribution in [2.24, 2.45) is 0 Å². The van der Waals surface area contributed by atoms with E-state index in [2.05, 4.69) is 0 Å². The molecule has 16 heavy (non-hydrogen) atoms. The van der Waals surface area contributed by atoms with Gasteiger partial charge in [-0.25, -0.2) is 0 Å². The zero-order valence-corrected chi connectivity index (χ0v) is 9.70. The van der Waals surface area contributed by atoms with Gasteiger partial charge >= 0.3 is 5.97 Å². The average Bonchev–Trinajstić information content (AvgIpc) is 2.26. The summed E-state index contributed by atoms with van der Waals surface area (Å²) in [7, 11) is 0. The number of carbonyl (C=O) groups is 1. The molecule has 0 aliphatic rings. The van der Waals surface area contributed by atoms with E-state index in [1.165, 1.54) is 5.54 Å². The van der Waals surface area contributed by atoms with Crippen LogP contribution in [-0.2, 0) is 11.2 Å². The number of hydrogen-bond acceptors (Lipinski definition) is 2. The lowest BCUT2D eigenvalue weighted by Crippen LogP contribution is -2.05. The van der Waals surface area contributed by atoms with Crippen molar-refractivity contribution in [3.63, 3.8) is 0 Å². The van der Waals surface area contributed by atoms with E-state index in [-0.39, 0.29) is 6.42 Å². The predicted molar refractivity (Wildman–Crippen MR) is 62.9 cm³/mol. The van der Waals surface area contributed by atoms with Crippen LogP contribution in [0.2, 0.25) is 0 Å². The first kappa shape index (κ1) is 12.6. The van der Waals surface area contributed by atoms with Crippen molar-refractivity contribution in [1.29, 1.82) is 0 Å². The smallest absolute Gasteiger partial charge is 0.307 e. The van der Waals surface area contributed by atoms with E-state index in [9.17, 15) is 4.79 Å². The van der Waals surface area contributed by atoms with Gasteiger partial charge < -0.3 is 9.84 Å². The third-order valence-electron chi connectivity index (χ3n) is 1.96. The zero-order chi connectivity index (χ0) is 12.0. The Labute approximate surface area is 99.3 Å². The Bertz CT molecular complexity index is 399. The normalized spacial score (nSPS) is 11.2. The molecule has 1 rings (SSSR count). The van der Waals surface area contributed by atoms with E-state index in [0.717, 1.165) is 5.57 Å². The molecular formula is C12H13ClO3. The maximum Gasteiger partial charge on any atom is 0.307 e. The SMILES string of the molecule is C/C(=C/Cl)COc1ccccc1CC(=O)O. The largest absolute Gasteiger partial charge is 0.489 e. The maximum atomic E-state index is 10.6. The highest BCUT2D eigenvalue weighted by Crippen LogP contribution is 2.19. The average molecular weight is 241 g/mol. The van der Waals surface area contributed by atoms with Crippen LogP contribution in [0.3, 0.4) is 0 Å². The monoisotopic (exact) mass is 240 g/mol. The van der Waals surface area contributed by atoms with Gasteiger partial charge in [-0.15, -0.1) is 0 Å². The second kappa shape index (κ2) is 6.18. The number of hydrogen-bond donors (Lipinski definition) is 1. The molecule has 0 fully saturated rings. The summed E-state index contributed by atoms with van der Waals surface area (Å²) in [5.74, 6) is -0.288. The minimum absolute atomic E-state index is 0.0419. The lowest BCUT2D eigenvalue weighted by atomic mass is 10.1. The van der Waals surface area contributed by atoms with Crippen LogP contribution in [0.4, 0.5) is 0 Å². The summed E-state index contributed by atoms with van der Waals surface area (Å²) in [6.45, 7) is 2.20. The van der Waals surface area contributed by atoms with Gasteiger partial charge in [0.15, 0.2) is 0 Å². The minimum atomic E-state index is -0.874. The summed E-state index contributed by atoms with van der Waals surface area (Å²) in [6.07, 6.45) is -0.0419. The van der Waals surface area contributed by atoms with Crippen LogP contribution in [0.15, 0.2) is 35.4 Å². The highest BCUT2D eigenvalue weighted by atomic mass is 35.5. The van der Waals surface area contributed by atoms with E-state index < -0.39 is 5.97 Å². The van der Waals surface area contributed by atoms with E-state index in [4.69, 9.17) is 21.4 Å². The molecule has 1 aromatic carbocycles. The van der Waals surface area contributed by atoms with Gasteiger partial charge in [-0.05, 0) is 18.6 Å². The Morgan fingerprint density at radius 3 is 2.81 bits per heavy atom. The highest BCUT2D eigenvalue weighted by Gasteiger charge is 2.07. The molecule has 1 aromatic rings. The van der Waals surface area contributed by atoms with Gasteiger partial charge in [-0.1, -0.05) is 29.8 Å². The van der Waals surface area contributed by atoms with Crippen LogP contribution in [0, 0.1) is 0 Å². The summed E-state index contributed by atoms with van der Waals surface area (Å²) < 4.78 is 5.47. The number of aliphatic carboxylic acids is 1. The van der Waals surface area contributed by atoms with Gasteiger partial charge in [0, 0.05) is 11.1 Å². The van der Waals surface area contributed by atoms with E-state index in [1.54, 1.807) is 24.3 Å². The number of para-hydroxylation sites is 1. The van der Waals surface area contributed by atoms with Crippen molar-refractivity contribution in [1.82, 2.24) is 0 Å². The number of carboxylic acid groups (broad SMARTS) is 1. The van der Waals surface area contributed by atoms with Gasteiger partial charge in [0.1, 0.15) is 12.4 Å². The van der Waals surface area contributed by atoms with Crippen LogP contribution >= 0.6 is 11.6 Å². The van der Waals surface area contributed by atoms with Crippen LogP contribution in [-0.4, -0.2) is 17.7 Å². The van der Waals surface area contributed by atoms with Crippen molar-refractivity contribution in [2.45, 2.75) is 13.3 Å². The van der Waals surface area contributed by atoms with Crippen LogP contribution in [0.25, 0.3) is 0 Å². The van der Waals surface area contributed by atoms with Gasteiger partial charge in [0.25, 0.3) is 0 Å². The Kier molecular flexibility index (Phi) is 4.86. The molecule has 86 valence electrons. The molecule has 0 spiro atoms. The second-order valence-corrected chi connectivity index (χ2v) is 3.64. The van der Waals surface area contributed by atoms with Gasteiger partial charge in [0.2, 0.25) is 0 Å². The molecule has 4 heteroatoms. The lowest BCUT2D eigenvalue weighted by Gasteiger charge is -2.09. The van der Waals surface area contributed by atoms with Crippen molar-refractivity contribution in [3.8, 4) is 5.75 Å². The van der Waals surface area contributed by atoms with Crippen LogP contribution in [0.5, 0.6) is 5.75 Å². The topological polar surface area (TPSA) is 46.5 Å². The molecule has 3 nitrogen and oxygen atoms in total. The van der Waals surface area contributed by atoms with E-state index in [1.807, 2.05) is 6.92 Å². The Hall–Kier alpha value is -1.48. The molecule has 0 saturated heterocycles. The molecule has 0 bridgehead atoms. The lowest BCUT2D eigenvalue weighted by molar-refractivity contribution is -0.136. The Morgan fingerprint density at radius 1 is 1.50 bits per heavy atom. The van der Waals surface area contributed by atoms with E-state index >= 15 is 0 Å². The molecule has 0 aromatic heterocycles. The van der Waals surface area contributed by atoms with Gasteiger partial charge in [-0.2, -0.15) is 0 Å². The highest BCUT2D eigenvalue weighted by molar-refractivity contribution is 6.25. The number of rotatable bonds is 5. The number of carboxylic acids is 1. The summed E-state index contributed by atoms with van der Waals surface area (Å²) in [4.78, 5) is 10.6. The molecule has 0 unspecified atom stereocenters. The van der Waals surface area contributed by atoms with E-state index in [0.29, 0.717) is 17.9 Å². The fourth-order valence-electron chi connectivity index (χ4n) is 1.18. The van der Waals surface area contributed by atoms with Crippen molar-refractivity contribution in [3.05, 3.63) is 40.9 Å². The first-order valence-corrected chi connectivity index (χ1v) is 5.25. The standard InChI is InChI=1S/C12H13ClO3/c1-9(7-13)8-16-11-5-3-2-4-10(11)6-12(14)15/h2-5,7H,6,8H2,1H3,(H,14,15)/b9-7-. The van der Waals surface area contributed by atoms with Crippen molar-refractivity contribution in [2.75, 3.05) is 6.61 Å².